The number of halogens is 4. The Kier molecular flexibility index (Phi) is 3.71. The molecule has 3 nitrogen and oxygen atoms in total. The maximum Gasteiger partial charge on any atom is 0.422 e. The second kappa shape index (κ2) is 4.56. The molecule has 1 aromatic rings. The second-order valence-electron chi connectivity index (χ2n) is 3.56. The number of hydrogen-bond acceptors (Lipinski definition) is 2. The van der Waals surface area contributed by atoms with E-state index in [0.29, 0.717) is 11.4 Å². The molecule has 0 radical (unpaired) electrons. The van der Waals surface area contributed by atoms with Gasteiger partial charge in [-0.25, -0.2) is 4.79 Å². The van der Waals surface area contributed by atoms with Crippen molar-refractivity contribution in [3.05, 3.63) is 28.7 Å². The predicted octanol–water partition coefficient (Wildman–Crippen LogP) is 3.27. The summed E-state index contributed by atoms with van der Waals surface area (Å²) < 4.78 is 38.7. The molecule has 0 aromatic heterocycles. The SMILES string of the molecule is CC(Nc1ccc(Br)cc1)(C(=O)O)C(F)(F)F. The summed E-state index contributed by atoms with van der Waals surface area (Å²) in [7, 11) is 0. The van der Waals surface area contributed by atoms with E-state index in [1.165, 1.54) is 24.3 Å². The van der Waals surface area contributed by atoms with Crippen molar-refractivity contribution in [2.75, 3.05) is 5.32 Å². The van der Waals surface area contributed by atoms with Crippen molar-refractivity contribution >= 4 is 27.6 Å². The summed E-state index contributed by atoms with van der Waals surface area (Å²) >= 11 is 3.13. The molecule has 0 heterocycles. The number of nitrogens with one attached hydrogen (secondary N) is 1. The molecule has 0 aliphatic rings. The van der Waals surface area contributed by atoms with E-state index >= 15 is 0 Å². The summed E-state index contributed by atoms with van der Waals surface area (Å²) in [4.78, 5) is 10.7. The van der Waals surface area contributed by atoms with Gasteiger partial charge in [0.2, 0.25) is 5.54 Å². The van der Waals surface area contributed by atoms with Crippen LogP contribution in [-0.2, 0) is 4.79 Å². The highest BCUT2D eigenvalue weighted by Gasteiger charge is 2.57. The summed E-state index contributed by atoms with van der Waals surface area (Å²) in [6, 6.07) is 5.75. The summed E-state index contributed by atoms with van der Waals surface area (Å²) in [5.41, 5.74) is -2.93. The molecule has 2 N–H and O–H groups in total. The third-order valence-electron chi connectivity index (χ3n) is 2.23. The van der Waals surface area contributed by atoms with Crippen molar-refractivity contribution in [3.8, 4) is 0 Å². The van der Waals surface area contributed by atoms with Crippen LogP contribution in [-0.4, -0.2) is 22.8 Å². The zero-order valence-corrected chi connectivity index (χ0v) is 10.3. The van der Waals surface area contributed by atoms with Crippen LogP contribution in [0, 0.1) is 0 Å². The van der Waals surface area contributed by atoms with Crippen molar-refractivity contribution in [1.29, 1.82) is 0 Å². The minimum atomic E-state index is -4.90. The molecule has 1 unspecified atom stereocenters. The summed E-state index contributed by atoms with van der Waals surface area (Å²) in [5.74, 6) is -1.98. The van der Waals surface area contributed by atoms with Gasteiger partial charge in [0.05, 0.1) is 0 Å². The Bertz CT molecular complexity index is 419. The minimum Gasteiger partial charge on any atom is -0.479 e. The standard InChI is InChI=1S/C10H9BrF3NO2/c1-9(8(16)17,10(12,13)14)15-7-4-2-6(11)3-5-7/h2-5,15H,1H3,(H,16,17). The van der Waals surface area contributed by atoms with Crippen molar-refractivity contribution in [2.45, 2.75) is 18.6 Å². The van der Waals surface area contributed by atoms with Gasteiger partial charge in [-0.2, -0.15) is 13.2 Å². The molecule has 0 saturated heterocycles. The van der Waals surface area contributed by atoms with Gasteiger partial charge >= 0.3 is 12.1 Å². The van der Waals surface area contributed by atoms with Crippen LogP contribution in [0.5, 0.6) is 0 Å². The Morgan fingerprint density at radius 1 is 1.29 bits per heavy atom. The Hall–Kier alpha value is -1.24. The quantitative estimate of drug-likeness (QED) is 0.900. The van der Waals surface area contributed by atoms with E-state index in [1.54, 1.807) is 0 Å². The van der Waals surface area contributed by atoms with Crippen molar-refractivity contribution in [2.24, 2.45) is 0 Å². The van der Waals surface area contributed by atoms with Gasteiger partial charge in [-0.05, 0) is 31.2 Å². The fourth-order valence-electron chi connectivity index (χ4n) is 1.07. The fraction of sp³-hybridized carbons (Fsp3) is 0.300. The van der Waals surface area contributed by atoms with Crippen LogP contribution in [0.15, 0.2) is 28.7 Å². The van der Waals surface area contributed by atoms with Crippen LogP contribution in [0.4, 0.5) is 18.9 Å². The zero-order chi connectivity index (χ0) is 13.3. The lowest BCUT2D eigenvalue weighted by Gasteiger charge is -2.29. The Morgan fingerprint density at radius 2 is 1.76 bits per heavy atom. The molecule has 1 aromatic carbocycles. The average Bonchev–Trinajstić information content (AvgIpc) is 2.19. The number of carboxylic acid groups (broad SMARTS) is 1. The van der Waals surface area contributed by atoms with Crippen LogP contribution in [0.3, 0.4) is 0 Å². The lowest BCUT2D eigenvalue weighted by Crippen LogP contribution is -2.55. The van der Waals surface area contributed by atoms with Gasteiger partial charge in [0.1, 0.15) is 0 Å². The lowest BCUT2D eigenvalue weighted by molar-refractivity contribution is -0.192. The molecule has 0 spiro atoms. The van der Waals surface area contributed by atoms with Crippen LogP contribution in [0.2, 0.25) is 0 Å². The normalized spacial score (nSPS) is 15.1. The molecule has 0 bridgehead atoms. The first kappa shape index (κ1) is 13.8. The highest BCUT2D eigenvalue weighted by atomic mass is 79.9. The molecule has 7 heteroatoms. The van der Waals surface area contributed by atoms with Gasteiger partial charge in [-0.15, -0.1) is 0 Å². The molecule has 0 amide bonds. The predicted molar refractivity (Wildman–Crippen MR) is 59.9 cm³/mol. The second-order valence-corrected chi connectivity index (χ2v) is 4.48. The number of carbonyl (C=O) groups is 1. The molecule has 0 aliphatic carbocycles. The fourth-order valence-corrected chi connectivity index (χ4v) is 1.33. The number of alkyl halides is 3. The van der Waals surface area contributed by atoms with E-state index in [0.717, 1.165) is 0 Å². The molecule has 0 aliphatic heterocycles. The van der Waals surface area contributed by atoms with Crippen molar-refractivity contribution in [3.63, 3.8) is 0 Å². The topological polar surface area (TPSA) is 49.3 Å². The van der Waals surface area contributed by atoms with Crippen LogP contribution in [0.1, 0.15) is 6.92 Å². The molecule has 1 atom stereocenters. The minimum absolute atomic E-state index is 0.0791. The lowest BCUT2D eigenvalue weighted by atomic mass is 10.0. The molecular formula is C10H9BrF3NO2. The van der Waals surface area contributed by atoms with Crippen molar-refractivity contribution in [1.82, 2.24) is 0 Å². The van der Waals surface area contributed by atoms with Crippen LogP contribution < -0.4 is 5.32 Å². The van der Waals surface area contributed by atoms with Gasteiger partial charge in [0.25, 0.3) is 0 Å². The average molecular weight is 312 g/mol. The van der Waals surface area contributed by atoms with E-state index < -0.39 is 17.7 Å². The highest BCUT2D eigenvalue weighted by Crippen LogP contribution is 2.33. The Morgan fingerprint density at radius 3 is 2.12 bits per heavy atom. The Labute approximate surface area is 104 Å². The molecule has 1 rings (SSSR count). The monoisotopic (exact) mass is 311 g/mol. The van der Waals surface area contributed by atoms with Crippen molar-refractivity contribution < 1.29 is 23.1 Å². The van der Waals surface area contributed by atoms with E-state index in [1.807, 2.05) is 5.32 Å². The smallest absolute Gasteiger partial charge is 0.422 e. The number of carboxylic acids is 1. The molecule has 17 heavy (non-hydrogen) atoms. The molecular weight excluding hydrogens is 303 g/mol. The van der Waals surface area contributed by atoms with E-state index in [-0.39, 0.29) is 5.69 Å². The highest BCUT2D eigenvalue weighted by molar-refractivity contribution is 9.10. The first-order valence-electron chi connectivity index (χ1n) is 4.51. The summed E-state index contributed by atoms with van der Waals surface area (Å²) in [6.07, 6.45) is -4.90. The van der Waals surface area contributed by atoms with Gasteiger partial charge in [-0.1, -0.05) is 15.9 Å². The van der Waals surface area contributed by atoms with Crippen LogP contribution in [0.25, 0.3) is 0 Å². The number of anilines is 1. The van der Waals surface area contributed by atoms with Gasteiger partial charge in [-0.3, -0.25) is 0 Å². The summed E-state index contributed by atoms with van der Waals surface area (Å²) in [5, 5.41) is 10.7. The first-order valence-corrected chi connectivity index (χ1v) is 5.30. The molecule has 0 saturated carbocycles. The molecule has 0 fully saturated rings. The number of aliphatic carboxylic acids is 1. The third kappa shape index (κ3) is 2.91. The van der Waals surface area contributed by atoms with E-state index in [9.17, 15) is 18.0 Å². The van der Waals surface area contributed by atoms with Crippen LogP contribution >= 0.6 is 15.9 Å². The largest absolute Gasteiger partial charge is 0.479 e. The first-order chi connectivity index (χ1) is 7.67. The zero-order valence-electron chi connectivity index (χ0n) is 8.68. The maximum absolute atomic E-state index is 12.7. The van der Waals surface area contributed by atoms with Gasteiger partial charge in [0.15, 0.2) is 0 Å². The third-order valence-corrected chi connectivity index (χ3v) is 2.76. The molecule has 94 valence electrons. The van der Waals surface area contributed by atoms with Gasteiger partial charge in [0, 0.05) is 10.2 Å². The van der Waals surface area contributed by atoms with E-state index in [2.05, 4.69) is 15.9 Å². The summed E-state index contributed by atoms with van der Waals surface area (Å²) in [6.45, 7) is 0.581. The number of benzene rings is 1. The number of hydrogen-bond donors (Lipinski definition) is 2. The van der Waals surface area contributed by atoms with Gasteiger partial charge < -0.3 is 10.4 Å². The Balaban J connectivity index is 3.04. The van der Waals surface area contributed by atoms with E-state index in [4.69, 9.17) is 5.11 Å². The maximum atomic E-state index is 12.7. The number of rotatable bonds is 3.